The van der Waals surface area contributed by atoms with Crippen LogP contribution in [0.5, 0.6) is 0 Å². The van der Waals surface area contributed by atoms with Crippen molar-refractivity contribution in [1.29, 1.82) is 0 Å². The van der Waals surface area contributed by atoms with E-state index in [1.807, 2.05) is 40.6 Å². The van der Waals surface area contributed by atoms with Crippen LogP contribution < -0.4 is 0 Å². The number of aromatic nitrogens is 4. The third-order valence-corrected chi connectivity index (χ3v) is 4.63. The van der Waals surface area contributed by atoms with Gasteiger partial charge in [-0.1, -0.05) is 6.07 Å². The van der Waals surface area contributed by atoms with Crippen molar-refractivity contribution in [1.82, 2.24) is 24.3 Å². The van der Waals surface area contributed by atoms with E-state index in [4.69, 9.17) is 0 Å². The number of amides is 1. The van der Waals surface area contributed by atoms with Crippen LogP contribution in [0.1, 0.15) is 40.6 Å². The first-order valence-corrected chi connectivity index (χ1v) is 8.22. The average molecular weight is 321 g/mol. The molecule has 4 heterocycles. The summed E-state index contributed by atoms with van der Waals surface area (Å²) in [4.78, 5) is 27.8. The largest absolute Gasteiger partial charge is 0.337 e. The third kappa shape index (κ3) is 2.64. The van der Waals surface area contributed by atoms with Crippen LogP contribution in [0.4, 0.5) is 0 Å². The van der Waals surface area contributed by atoms with Crippen molar-refractivity contribution in [3.8, 4) is 0 Å². The van der Waals surface area contributed by atoms with Gasteiger partial charge in [0.15, 0.2) is 0 Å². The summed E-state index contributed by atoms with van der Waals surface area (Å²) in [6.45, 7) is 3.45. The molecular formula is C18H19N5O. The number of pyridine rings is 1. The van der Waals surface area contributed by atoms with Gasteiger partial charge in [-0.25, -0.2) is 4.98 Å². The monoisotopic (exact) mass is 321 g/mol. The van der Waals surface area contributed by atoms with Crippen LogP contribution in [0.25, 0.3) is 5.65 Å². The van der Waals surface area contributed by atoms with Crippen LogP contribution in [-0.2, 0) is 0 Å². The van der Waals surface area contributed by atoms with Gasteiger partial charge in [-0.3, -0.25) is 14.8 Å². The van der Waals surface area contributed by atoms with Crippen LogP contribution in [-0.4, -0.2) is 43.2 Å². The summed E-state index contributed by atoms with van der Waals surface area (Å²) < 4.78 is 1.96. The Bertz CT molecular complexity index is 874. The highest BCUT2D eigenvalue weighted by Gasteiger charge is 2.27. The van der Waals surface area contributed by atoms with Crippen LogP contribution in [0.15, 0.2) is 43.0 Å². The molecule has 1 amide bonds. The molecule has 3 aromatic heterocycles. The zero-order chi connectivity index (χ0) is 16.5. The Labute approximate surface area is 140 Å². The first-order chi connectivity index (χ1) is 11.7. The molecule has 24 heavy (non-hydrogen) atoms. The number of imidazole rings is 1. The Hall–Kier alpha value is -2.76. The lowest BCUT2D eigenvalue weighted by molar-refractivity contribution is 0.0700. The molecule has 1 saturated heterocycles. The Balaban J connectivity index is 1.58. The second-order valence-electron chi connectivity index (χ2n) is 6.24. The van der Waals surface area contributed by atoms with Gasteiger partial charge in [0, 0.05) is 49.5 Å². The summed E-state index contributed by atoms with van der Waals surface area (Å²) in [5.41, 5.74) is 3.33. The number of fused-ring (bicyclic) bond motifs is 1. The van der Waals surface area contributed by atoms with Crippen molar-refractivity contribution >= 4 is 11.6 Å². The molecule has 1 fully saturated rings. The minimum atomic E-state index is -0.00769. The zero-order valence-corrected chi connectivity index (χ0v) is 13.6. The van der Waals surface area contributed by atoms with Crippen molar-refractivity contribution < 1.29 is 4.79 Å². The number of carbonyl (C=O) groups is 1. The number of aryl methyl sites for hydroxylation is 1. The van der Waals surface area contributed by atoms with E-state index in [1.165, 1.54) is 0 Å². The van der Waals surface area contributed by atoms with Gasteiger partial charge in [0.2, 0.25) is 0 Å². The van der Waals surface area contributed by atoms with Gasteiger partial charge in [0.05, 0.1) is 5.69 Å². The molecule has 6 nitrogen and oxygen atoms in total. The van der Waals surface area contributed by atoms with E-state index >= 15 is 0 Å². The molecule has 0 aliphatic carbocycles. The van der Waals surface area contributed by atoms with Gasteiger partial charge >= 0.3 is 0 Å². The maximum absolute atomic E-state index is 12.9. The minimum Gasteiger partial charge on any atom is -0.337 e. The highest BCUT2D eigenvalue weighted by Crippen LogP contribution is 2.26. The van der Waals surface area contributed by atoms with E-state index < -0.39 is 0 Å². The van der Waals surface area contributed by atoms with Crippen LogP contribution >= 0.6 is 0 Å². The fourth-order valence-electron chi connectivity index (χ4n) is 3.34. The van der Waals surface area contributed by atoms with Gasteiger partial charge in [-0.15, -0.1) is 0 Å². The number of likely N-dealkylation sites (tertiary alicyclic amines) is 1. The predicted octanol–water partition coefficient (Wildman–Crippen LogP) is 2.45. The molecule has 0 aromatic carbocycles. The molecule has 4 rings (SSSR count). The number of nitrogens with zero attached hydrogens (tertiary/aromatic N) is 5. The number of hydrogen-bond donors (Lipinski definition) is 0. The van der Waals surface area contributed by atoms with Crippen molar-refractivity contribution in [2.24, 2.45) is 0 Å². The maximum atomic E-state index is 12.9. The summed E-state index contributed by atoms with van der Waals surface area (Å²) in [6, 6.07) is 5.88. The maximum Gasteiger partial charge on any atom is 0.274 e. The zero-order valence-electron chi connectivity index (χ0n) is 13.6. The minimum absolute atomic E-state index is 0.00769. The highest BCUT2D eigenvalue weighted by molar-refractivity contribution is 5.93. The lowest BCUT2D eigenvalue weighted by Gasteiger charge is -2.31. The second kappa shape index (κ2) is 6.03. The Morgan fingerprint density at radius 1 is 1.29 bits per heavy atom. The molecule has 1 aliphatic rings. The first kappa shape index (κ1) is 14.8. The van der Waals surface area contributed by atoms with Crippen LogP contribution in [0.3, 0.4) is 0 Å². The van der Waals surface area contributed by atoms with Gasteiger partial charge < -0.3 is 9.30 Å². The fraction of sp³-hybridized carbons (Fsp3) is 0.333. The van der Waals surface area contributed by atoms with E-state index in [1.54, 1.807) is 18.6 Å². The molecule has 1 aliphatic heterocycles. The Morgan fingerprint density at radius 2 is 2.21 bits per heavy atom. The lowest BCUT2D eigenvalue weighted by Crippen LogP contribution is -2.39. The van der Waals surface area contributed by atoms with Crippen molar-refractivity contribution in [2.75, 3.05) is 13.1 Å². The number of piperidine rings is 1. The average Bonchev–Trinajstić information content (AvgIpc) is 3.08. The smallest absolute Gasteiger partial charge is 0.274 e. The van der Waals surface area contributed by atoms with E-state index in [0.29, 0.717) is 12.2 Å². The molecule has 6 heteroatoms. The summed E-state index contributed by atoms with van der Waals surface area (Å²) in [5, 5.41) is 0. The summed E-state index contributed by atoms with van der Waals surface area (Å²) in [6.07, 6.45) is 9.02. The molecule has 122 valence electrons. The quantitative estimate of drug-likeness (QED) is 0.727. The van der Waals surface area contributed by atoms with E-state index in [-0.39, 0.29) is 11.8 Å². The fourth-order valence-corrected chi connectivity index (χ4v) is 3.34. The van der Waals surface area contributed by atoms with Crippen LogP contribution in [0.2, 0.25) is 0 Å². The number of carbonyl (C=O) groups excluding carboxylic acids is 1. The van der Waals surface area contributed by atoms with E-state index in [2.05, 4.69) is 15.0 Å². The second-order valence-corrected chi connectivity index (χ2v) is 6.24. The topological polar surface area (TPSA) is 63.4 Å². The molecule has 0 radical (unpaired) electrons. The predicted molar refractivity (Wildman–Crippen MR) is 89.8 cm³/mol. The van der Waals surface area contributed by atoms with Crippen molar-refractivity contribution in [2.45, 2.75) is 25.7 Å². The molecule has 3 aromatic rings. The first-order valence-electron chi connectivity index (χ1n) is 8.22. The summed E-state index contributed by atoms with van der Waals surface area (Å²) in [5.74, 6) is 0.238. The van der Waals surface area contributed by atoms with Crippen molar-refractivity contribution in [3.05, 3.63) is 60.1 Å². The Morgan fingerprint density at radius 3 is 3.00 bits per heavy atom. The number of hydrogen-bond acceptors (Lipinski definition) is 4. The van der Waals surface area contributed by atoms with Crippen LogP contribution in [0, 0.1) is 6.92 Å². The van der Waals surface area contributed by atoms with Gasteiger partial charge in [-0.05, 0) is 31.9 Å². The normalized spacial score (nSPS) is 18.0. The molecule has 0 spiro atoms. The van der Waals surface area contributed by atoms with Gasteiger partial charge in [0.1, 0.15) is 11.3 Å². The molecule has 0 unspecified atom stereocenters. The summed E-state index contributed by atoms with van der Waals surface area (Å²) >= 11 is 0. The third-order valence-electron chi connectivity index (χ3n) is 4.63. The highest BCUT2D eigenvalue weighted by atomic mass is 16.2. The summed E-state index contributed by atoms with van der Waals surface area (Å²) in [7, 11) is 0. The van der Waals surface area contributed by atoms with Gasteiger partial charge in [0.25, 0.3) is 5.91 Å². The van der Waals surface area contributed by atoms with Crippen molar-refractivity contribution in [3.63, 3.8) is 0 Å². The molecule has 0 N–H and O–H groups in total. The molecule has 1 atom stereocenters. The van der Waals surface area contributed by atoms with Gasteiger partial charge in [-0.2, -0.15) is 0 Å². The molecular weight excluding hydrogens is 302 g/mol. The lowest BCUT2D eigenvalue weighted by atomic mass is 9.95. The number of rotatable bonds is 2. The standard InChI is InChI=1S/C18H19N5O/c1-13-4-2-6-17-21-16(12-23(13)17)18(24)22-9-3-5-14(11-22)15-10-19-7-8-20-15/h2,4,6-8,10,12,14H,3,5,9,11H2,1H3/t14-/m1/s1. The SMILES string of the molecule is Cc1cccc2nc(C(=O)N3CCC[C@@H](c4cnccn4)C3)cn12. The van der Waals surface area contributed by atoms with E-state index in [9.17, 15) is 4.79 Å². The molecule has 0 saturated carbocycles. The Kier molecular flexibility index (Phi) is 3.72. The van der Waals surface area contributed by atoms with E-state index in [0.717, 1.165) is 36.4 Å². The molecule has 0 bridgehead atoms.